The van der Waals surface area contributed by atoms with Gasteiger partial charge in [0.15, 0.2) is 0 Å². The lowest BCUT2D eigenvalue weighted by molar-refractivity contribution is -0.140. The third-order valence-electron chi connectivity index (χ3n) is 6.64. The molecule has 2 aromatic carbocycles. The first-order valence-corrected chi connectivity index (χ1v) is 12.9. The molecule has 1 unspecified atom stereocenters. The van der Waals surface area contributed by atoms with E-state index in [0.29, 0.717) is 29.2 Å². The van der Waals surface area contributed by atoms with Gasteiger partial charge in [-0.25, -0.2) is 4.79 Å². The summed E-state index contributed by atoms with van der Waals surface area (Å²) in [6.07, 6.45) is 1.85. The molecule has 188 valence electrons. The quantitative estimate of drug-likeness (QED) is 0.259. The van der Waals surface area contributed by atoms with E-state index < -0.39 is 23.6 Å². The number of nitrogens with one attached hydrogen (secondary N) is 1. The van der Waals surface area contributed by atoms with Crippen LogP contribution in [0.2, 0.25) is 5.02 Å². The fraction of sp³-hybridized carbons (Fsp3) is 0.214. The predicted molar refractivity (Wildman–Crippen MR) is 144 cm³/mol. The largest absolute Gasteiger partial charge is 0.481 e. The van der Waals surface area contributed by atoms with Crippen molar-refractivity contribution in [2.75, 3.05) is 5.32 Å². The molecule has 1 fully saturated rings. The van der Waals surface area contributed by atoms with E-state index in [0.717, 1.165) is 32.8 Å². The van der Waals surface area contributed by atoms with E-state index in [4.69, 9.17) is 16.3 Å². The van der Waals surface area contributed by atoms with Gasteiger partial charge in [-0.15, -0.1) is 0 Å². The Bertz CT molecular complexity index is 1460. The molecule has 4 aromatic rings. The number of anilines is 1. The number of amides is 1. The van der Waals surface area contributed by atoms with Gasteiger partial charge in [-0.1, -0.05) is 60.1 Å². The molecule has 9 heteroatoms. The monoisotopic (exact) mass is 533 g/mol. The van der Waals surface area contributed by atoms with E-state index in [2.05, 4.69) is 14.7 Å². The lowest BCUT2D eigenvalue weighted by Crippen LogP contribution is -2.19. The minimum Gasteiger partial charge on any atom is -0.481 e. The normalized spacial score (nSPS) is 14.6. The van der Waals surface area contributed by atoms with Gasteiger partial charge in [0, 0.05) is 22.3 Å². The van der Waals surface area contributed by atoms with E-state index in [1.54, 1.807) is 19.2 Å². The Labute approximate surface area is 223 Å². The number of aromatic nitrogens is 2. The first-order valence-electron chi connectivity index (χ1n) is 11.8. The number of rotatable bonds is 7. The van der Waals surface area contributed by atoms with E-state index in [1.165, 1.54) is 11.5 Å². The maximum absolute atomic E-state index is 12.7. The summed E-state index contributed by atoms with van der Waals surface area (Å²) in [6, 6.07) is 18.7. The van der Waals surface area contributed by atoms with Crippen molar-refractivity contribution in [2.24, 2.45) is 0 Å². The maximum Gasteiger partial charge on any atom is 0.412 e. The van der Waals surface area contributed by atoms with Crippen molar-refractivity contribution in [2.45, 2.75) is 38.2 Å². The molecule has 5 rings (SSSR count). The molecule has 1 aliphatic rings. The number of halogens is 1. The zero-order chi connectivity index (χ0) is 26.2. The Morgan fingerprint density at radius 3 is 2.41 bits per heavy atom. The Kier molecular flexibility index (Phi) is 6.70. The van der Waals surface area contributed by atoms with Gasteiger partial charge in [-0.05, 0) is 61.5 Å². The van der Waals surface area contributed by atoms with Crippen LogP contribution < -0.4 is 5.32 Å². The highest BCUT2D eigenvalue weighted by Gasteiger charge is 2.51. The van der Waals surface area contributed by atoms with Crippen LogP contribution >= 0.6 is 23.1 Å². The van der Waals surface area contributed by atoms with Crippen LogP contribution in [0.25, 0.3) is 21.7 Å². The zero-order valence-corrected chi connectivity index (χ0v) is 21.8. The number of carboxylic acid groups (broad SMARTS) is 1. The second-order valence-electron chi connectivity index (χ2n) is 9.06. The summed E-state index contributed by atoms with van der Waals surface area (Å²) < 4.78 is 9.98. The van der Waals surface area contributed by atoms with Crippen LogP contribution in [0.5, 0.6) is 0 Å². The molecule has 2 aromatic heterocycles. The fourth-order valence-corrected chi connectivity index (χ4v) is 5.41. The number of pyridine rings is 1. The molecule has 0 spiro atoms. The molecule has 1 amide bonds. The molecule has 0 aliphatic heterocycles. The van der Waals surface area contributed by atoms with E-state index in [9.17, 15) is 14.7 Å². The maximum atomic E-state index is 12.7. The number of hydrogen-bond acceptors (Lipinski definition) is 6. The predicted octanol–water partition coefficient (Wildman–Crippen LogP) is 7.26. The number of carbonyl (C=O) groups is 2. The van der Waals surface area contributed by atoms with Crippen LogP contribution in [0.1, 0.15) is 42.7 Å². The van der Waals surface area contributed by atoms with Crippen LogP contribution in [-0.2, 0) is 14.9 Å². The highest BCUT2D eigenvalue weighted by molar-refractivity contribution is 7.10. The minimum atomic E-state index is -0.794. The van der Waals surface area contributed by atoms with Crippen LogP contribution in [0.15, 0.2) is 66.9 Å². The van der Waals surface area contributed by atoms with Gasteiger partial charge in [0.05, 0.1) is 27.4 Å². The standard InChI is InChI=1S/C28H24ClN3O4S/c1-16-24(31-27(35)36-17(2)21-5-3-4-6-22(21)29)25(37-32-16)19-9-7-18(8-10-19)23-12-11-20(15-30-23)28(13-14-28)26(33)34/h3-12,15,17H,13-14H2,1-2H3,(H,31,35)(H,33,34). The third-order valence-corrected chi connectivity index (χ3v) is 7.97. The van der Waals surface area contributed by atoms with Crippen molar-refractivity contribution in [3.8, 4) is 21.7 Å². The summed E-state index contributed by atoms with van der Waals surface area (Å²) in [4.78, 5) is 29.6. The minimum absolute atomic E-state index is 0.521. The number of carbonyl (C=O) groups excluding carboxylic acids is 1. The summed E-state index contributed by atoms with van der Waals surface area (Å²) in [5, 5.41) is 12.9. The Morgan fingerprint density at radius 1 is 1.08 bits per heavy atom. The number of ether oxygens (including phenoxy) is 1. The van der Waals surface area contributed by atoms with Crippen molar-refractivity contribution in [1.82, 2.24) is 9.36 Å². The van der Waals surface area contributed by atoms with Gasteiger partial charge in [-0.2, -0.15) is 4.37 Å². The summed E-state index contributed by atoms with van der Waals surface area (Å²) in [5.41, 5.74) is 4.54. The fourth-order valence-electron chi connectivity index (χ4n) is 4.27. The highest BCUT2D eigenvalue weighted by atomic mass is 35.5. The van der Waals surface area contributed by atoms with E-state index in [1.807, 2.05) is 61.5 Å². The first-order chi connectivity index (χ1) is 17.8. The molecular weight excluding hydrogens is 510 g/mol. The van der Waals surface area contributed by atoms with Gasteiger partial charge < -0.3 is 9.84 Å². The van der Waals surface area contributed by atoms with Crippen LogP contribution in [0, 0.1) is 6.92 Å². The molecule has 37 heavy (non-hydrogen) atoms. The number of aliphatic carboxylic acids is 1. The zero-order valence-electron chi connectivity index (χ0n) is 20.2. The second kappa shape index (κ2) is 9.95. The van der Waals surface area contributed by atoms with Crippen molar-refractivity contribution in [3.63, 3.8) is 0 Å². The van der Waals surface area contributed by atoms with Crippen molar-refractivity contribution < 1.29 is 19.4 Å². The SMILES string of the molecule is Cc1nsc(-c2ccc(-c3ccc(C4(C(=O)O)CC4)cn3)cc2)c1NC(=O)OC(C)c1ccccc1Cl. The number of hydrogen-bond donors (Lipinski definition) is 2. The molecular formula is C28H24ClN3O4S. The number of carboxylic acids is 1. The third kappa shape index (κ3) is 4.95. The molecule has 1 aliphatic carbocycles. The van der Waals surface area contributed by atoms with Gasteiger partial charge in [0.1, 0.15) is 6.10 Å². The molecule has 2 N–H and O–H groups in total. The average molecular weight is 534 g/mol. The van der Waals surface area contributed by atoms with Crippen molar-refractivity contribution >= 4 is 40.9 Å². The number of nitrogens with zero attached hydrogens (tertiary/aromatic N) is 2. The van der Waals surface area contributed by atoms with Gasteiger partial charge >= 0.3 is 12.1 Å². The van der Waals surface area contributed by atoms with Crippen molar-refractivity contribution in [3.05, 3.63) is 88.7 Å². The highest BCUT2D eigenvalue weighted by Crippen LogP contribution is 2.48. The lowest BCUT2D eigenvalue weighted by Gasteiger charge is -2.16. The molecule has 0 saturated heterocycles. The van der Waals surface area contributed by atoms with Gasteiger partial charge in [0.25, 0.3) is 0 Å². The first kappa shape index (κ1) is 24.9. The summed E-state index contributed by atoms with van der Waals surface area (Å²) in [6.45, 7) is 3.60. The summed E-state index contributed by atoms with van der Waals surface area (Å²) >= 11 is 7.52. The van der Waals surface area contributed by atoms with Gasteiger partial charge in [-0.3, -0.25) is 15.1 Å². The summed E-state index contributed by atoms with van der Waals surface area (Å²) in [5.74, 6) is -0.794. The topological polar surface area (TPSA) is 101 Å². The van der Waals surface area contributed by atoms with Crippen LogP contribution in [0.4, 0.5) is 10.5 Å². The molecule has 0 radical (unpaired) electrons. The van der Waals surface area contributed by atoms with Gasteiger partial charge in [0.2, 0.25) is 0 Å². The Morgan fingerprint density at radius 2 is 1.78 bits per heavy atom. The number of aryl methyl sites for hydroxylation is 1. The number of benzene rings is 2. The smallest absolute Gasteiger partial charge is 0.412 e. The second-order valence-corrected chi connectivity index (χ2v) is 10.2. The van der Waals surface area contributed by atoms with Crippen LogP contribution in [0.3, 0.4) is 0 Å². The van der Waals surface area contributed by atoms with Crippen molar-refractivity contribution in [1.29, 1.82) is 0 Å². The van der Waals surface area contributed by atoms with E-state index in [-0.39, 0.29) is 0 Å². The molecule has 2 heterocycles. The molecule has 1 atom stereocenters. The Balaban J connectivity index is 1.30. The lowest BCUT2D eigenvalue weighted by atomic mass is 9.97. The van der Waals surface area contributed by atoms with Crippen LogP contribution in [-0.4, -0.2) is 26.5 Å². The summed E-state index contributed by atoms with van der Waals surface area (Å²) in [7, 11) is 0. The average Bonchev–Trinajstić information content (AvgIpc) is 3.64. The molecule has 0 bridgehead atoms. The van der Waals surface area contributed by atoms with E-state index >= 15 is 0 Å². The Hall–Kier alpha value is -3.75. The molecule has 1 saturated carbocycles. The molecule has 7 nitrogen and oxygen atoms in total.